The number of hydrogen-bond acceptors (Lipinski definition) is 4. The lowest BCUT2D eigenvalue weighted by atomic mass is 10.0. The quantitative estimate of drug-likeness (QED) is 0.626. The van der Waals surface area contributed by atoms with Gasteiger partial charge in [0.15, 0.2) is 5.16 Å². The minimum Gasteiger partial charge on any atom is -0.325 e. The third kappa shape index (κ3) is 3.58. The fraction of sp³-hybridized carbons (Fsp3) is 0.381. The Bertz CT molecular complexity index is 985. The van der Waals surface area contributed by atoms with Crippen LogP contribution in [0.25, 0.3) is 10.8 Å². The van der Waals surface area contributed by atoms with Gasteiger partial charge in [-0.2, -0.15) is 0 Å². The predicted molar refractivity (Wildman–Crippen MR) is 110 cm³/mol. The van der Waals surface area contributed by atoms with Gasteiger partial charge in [-0.1, -0.05) is 49.4 Å². The number of nitrogens with zero attached hydrogens (tertiary/aromatic N) is 3. The van der Waals surface area contributed by atoms with E-state index in [2.05, 4.69) is 46.7 Å². The highest BCUT2D eigenvalue weighted by Crippen LogP contribution is 2.35. The summed E-state index contributed by atoms with van der Waals surface area (Å²) in [6.07, 6.45) is 5.33. The van der Waals surface area contributed by atoms with Gasteiger partial charge in [0, 0.05) is 24.5 Å². The molecular weight excluding hydrogens is 356 g/mol. The molecule has 4 rings (SSSR count). The van der Waals surface area contributed by atoms with Gasteiger partial charge in [-0.25, -0.2) is 0 Å². The van der Waals surface area contributed by atoms with Gasteiger partial charge in [-0.3, -0.25) is 4.79 Å². The van der Waals surface area contributed by atoms with E-state index < -0.39 is 0 Å². The van der Waals surface area contributed by atoms with Crippen molar-refractivity contribution in [1.82, 2.24) is 14.8 Å². The van der Waals surface area contributed by atoms with Crippen molar-refractivity contribution in [1.29, 1.82) is 0 Å². The van der Waals surface area contributed by atoms with Gasteiger partial charge < -0.3 is 9.88 Å². The monoisotopic (exact) mass is 380 g/mol. The molecule has 1 N–H and O–H groups in total. The highest BCUT2D eigenvalue weighted by molar-refractivity contribution is 7.99. The number of amides is 1. The third-order valence-corrected chi connectivity index (χ3v) is 6.18. The number of aryl methyl sites for hydroxylation is 3. The molecule has 2 aromatic carbocycles. The number of rotatable bonds is 7. The van der Waals surface area contributed by atoms with E-state index in [9.17, 15) is 4.79 Å². The third-order valence-electron chi connectivity index (χ3n) is 5.16. The van der Waals surface area contributed by atoms with Crippen LogP contribution in [0.3, 0.4) is 0 Å². The van der Waals surface area contributed by atoms with Crippen LogP contribution in [0.15, 0.2) is 35.5 Å². The number of carbonyl (C=O) groups excluding carboxylic acids is 1. The molecule has 0 fully saturated rings. The first-order chi connectivity index (χ1) is 13.2. The van der Waals surface area contributed by atoms with Crippen molar-refractivity contribution in [2.45, 2.75) is 44.2 Å². The number of aromatic nitrogens is 3. The number of nitrogens with one attached hydrogen (secondary N) is 1. The molecular formula is C21H24N4OS. The molecule has 1 aliphatic carbocycles. The van der Waals surface area contributed by atoms with Crippen LogP contribution in [0.5, 0.6) is 0 Å². The van der Waals surface area contributed by atoms with Crippen LogP contribution in [0.4, 0.5) is 5.69 Å². The summed E-state index contributed by atoms with van der Waals surface area (Å²) >= 11 is 1.43. The molecule has 0 unspecified atom stereocenters. The first kappa shape index (κ1) is 18.0. The van der Waals surface area contributed by atoms with Gasteiger partial charge in [-0.05, 0) is 41.8 Å². The van der Waals surface area contributed by atoms with Crippen molar-refractivity contribution < 1.29 is 4.79 Å². The Kier molecular flexibility index (Phi) is 5.16. The Morgan fingerprint density at radius 1 is 1.19 bits per heavy atom. The molecule has 6 heteroatoms. The predicted octanol–water partition coefficient (Wildman–Crippen LogP) is 4.14. The summed E-state index contributed by atoms with van der Waals surface area (Å²) in [6.45, 7) is 2.16. The zero-order valence-electron chi connectivity index (χ0n) is 15.8. The zero-order valence-corrected chi connectivity index (χ0v) is 16.6. The molecule has 1 aliphatic rings. The van der Waals surface area contributed by atoms with Crippen LogP contribution < -0.4 is 5.32 Å². The van der Waals surface area contributed by atoms with E-state index in [1.807, 2.05) is 17.7 Å². The number of anilines is 1. The Morgan fingerprint density at radius 3 is 2.81 bits per heavy atom. The van der Waals surface area contributed by atoms with E-state index in [1.165, 1.54) is 28.3 Å². The summed E-state index contributed by atoms with van der Waals surface area (Å²) in [4.78, 5) is 12.5. The molecule has 3 aromatic rings. The van der Waals surface area contributed by atoms with E-state index in [-0.39, 0.29) is 5.91 Å². The maximum atomic E-state index is 12.5. The minimum absolute atomic E-state index is 0.0168. The van der Waals surface area contributed by atoms with Crippen molar-refractivity contribution in [3.63, 3.8) is 0 Å². The number of benzene rings is 2. The molecule has 0 spiro atoms. The van der Waals surface area contributed by atoms with E-state index in [4.69, 9.17) is 0 Å². The summed E-state index contributed by atoms with van der Waals surface area (Å²) in [5, 5.41) is 14.8. The molecule has 140 valence electrons. The Balaban J connectivity index is 1.44. The van der Waals surface area contributed by atoms with Crippen LogP contribution in [-0.2, 0) is 31.1 Å². The second-order valence-corrected chi connectivity index (χ2v) is 7.95. The zero-order chi connectivity index (χ0) is 18.8. The molecule has 0 radical (unpaired) electrons. The first-order valence-electron chi connectivity index (χ1n) is 9.51. The van der Waals surface area contributed by atoms with Crippen molar-refractivity contribution in [3.8, 4) is 0 Å². The maximum Gasteiger partial charge on any atom is 0.234 e. The fourth-order valence-corrected chi connectivity index (χ4v) is 4.43. The molecule has 0 atom stereocenters. The van der Waals surface area contributed by atoms with Gasteiger partial charge in [0.05, 0.1) is 5.75 Å². The van der Waals surface area contributed by atoms with Gasteiger partial charge in [0.1, 0.15) is 5.82 Å². The van der Waals surface area contributed by atoms with Gasteiger partial charge in [0.25, 0.3) is 0 Å². The van der Waals surface area contributed by atoms with E-state index in [0.717, 1.165) is 54.2 Å². The molecule has 0 saturated carbocycles. The largest absolute Gasteiger partial charge is 0.325 e. The topological polar surface area (TPSA) is 59.8 Å². The average Bonchev–Trinajstić information content (AvgIpc) is 3.25. The minimum atomic E-state index is -0.0168. The molecule has 1 aromatic heterocycles. The molecule has 27 heavy (non-hydrogen) atoms. The summed E-state index contributed by atoms with van der Waals surface area (Å²) < 4.78 is 1.99. The summed E-state index contributed by atoms with van der Waals surface area (Å²) in [6, 6.07) is 10.5. The number of hydrogen-bond donors (Lipinski definition) is 1. The van der Waals surface area contributed by atoms with Crippen molar-refractivity contribution in [2.75, 3.05) is 11.1 Å². The Hall–Kier alpha value is -2.34. The lowest BCUT2D eigenvalue weighted by Crippen LogP contribution is -2.15. The number of unbranched alkanes of at least 4 members (excludes halogenated alkanes) is 1. The van der Waals surface area contributed by atoms with Crippen molar-refractivity contribution >= 4 is 34.1 Å². The summed E-state index contributed by atoms with van der Waals surface area (Å²) in [5.74, 6) is 1.28. The average molecular weight is 381 g/mol. The molecule has 0 saturated heterocycles. The van der Waals surface area contributed by atoms with Crippen LogP contribution in [-0.4, -0.2) is 26.4 Å². The summed E-state index contributed by atoms with van der Waals surface area (Å²) in [7, 11) is 1.97. The lowest BCUT2D eigenvalue weighted by Gasteiger charge is -2.10. The number of carbonyl (C=O) groups is 1. The first-order valence-corrected chi connectivity index (χ1v) is 10.5. The highest BCUT2D eigenvalue weighted by atomic mass is 32.2. The molecule has 1 heterocycles. The SMILES string of the molecule is CCCCc1nnc(SCC(=O)Nc2ccc3c4c(cccc24)CC3)n1C. The van der Waals surface area contributed by atoms with Crippen LogP contribution >= 0.6 is 11.8 Å². The molecule has 1 amide bonds. The van der Waals surface area contributed by atoms with Gasteiger partial charge >= 0.3 is 0 Å². The maximum absolute atomic E-state index is 12.5. The standard InChI is InChI=1S/C21H24N4OS/c1-3-4-8-18-23-24-21(25(18)2)27-13-19(26)22-17-12-11-15-10-9-14-6-5-7-16(17)20(14)15/h5-7,11-12H,3-4,8-10,13H2,1-2H3,(H,22,26). The lowest BCUT2D eigenvalue weighted by molar-refractivity contribution is -0.113. The molecule has 0 bridgehead atoms. The molecule has 5 nitrogen and oxygen atoms in total. The van der Waals surface area contributed by atoms with Crippen LogP contribution in [0.2, 0.25) is 0 Å². The van der Waals surface area contributed by atoms with E-state index in [1.54, 1.807) is 0 Å². The fourth-order valence-electron chi connectivity index (χ4n) is 3.70. The Labute approximate surface area is 163 Å². The van der Waals surface area contributed by atoms with E-state index >= 15 is 0 Å². The van der Waals surface area contributed by atoms with Crippen LogP contribution in [0.1, 0.15) is 36.7 Å². The van der Waals surface area contributed by atoms with E-state index in [0.29, 0.717) is 5.75 Å². The van der Waals surface area contributed by atoms with Crippen molar-refractivity contribution in [3.05, 3.63) is 47.3 Å². The molecule has 0 aliphatic heterocycles. The van der Waals surface area contributed by atoms with Gasteiger partial charge in [0.2, 0.25) is 5.91 Å². The normalized spacial score (nSPS) is 12.7. The second-order valence-electron chi connectivity index (χ2n) is 7.01. The highest BCUT2D eigenvalue weighted by Gasteiger charge is 2.17. The Morgan fingerprint density at radius 2 is 2.00 bits per heavy atom. The van der Waals surface area contributed by atoms with Crippen molar-refractivity contribution in [2.24, 2.45) is 7.05 Å². The summed E-state index contributed by atoms with van der Waals surface area (Å²) in [5.41, 5.74) is 3.66. The van der Waals surface area contributed by atoms with Crippen LogP contribution in [0, 0.1) is 0 Å². The van der Waals surface area contributed by atoms with Gasteiger partial charge in [-0.15, -0.1) is 10.2 Å². The smallest absolute Gasteiger partial charge is 0.234 e. The second kappa shape index (κ2) is 7.72. The number of thioether (sulfide) groups is 1.